The van der Waals surface area contributed by atoms with Crippen molar-refractivity contribution in [3.8, 4) is 11.1 Å². The summed E-state index contributed by atoms with van der Waals surface area (Å²) in [6.45, 7) is 26.0. The van der Waals surface area contributed by atoms with Crippen LogP contribution < -0.4 is 31.1 Å². The normalized spacial score (nSPS) is 15.5. The molecule has 344 valence electrons. The molecule has 0 amide bonds. The molecule has 3 aliphatic rings. The van der Waals surface area contributed by atoms with Gasteiger partial charge in [-0.3, -0.25) is 0 Å². The lowest BCUT2D eigenvalue weighted by atomic mass is 9.33. The third kappa shape index (κ3) is 7.59. The van der Waals surface area contributed by atoms with E-state index in [-0.39, 0.29) is 28.4 Å². The van der Waals surface area contributed by atoms with Gasteiger partial charge in [-0.05, 0) is 170 Å². The zero-order valence-electron chi connectivity index (χ0n) is 42.6. The van der Waals surface area contributed by atoms with E-state index in [0.717, 1.165) is 29.9 Å². The Kier molecular flexibility index (Phi) is 10.5. The summed E-state index contributed by atoms with van der Waals surface area (Å²) in [6.07, 6.45) is 2.29. The van der Waals surface area contributed by atoms with Crippen LogP contribution in [-0.4, -0.2) is 6.71 Å². The van der Waals surface area contributed by atoms with Crippen LogP contribution in [0.15, 0.2) is 176 Å². The van der Waals surface area contributed by atoms with Crippen LogP contribution in [0.4, 0.5) is 51.2 Å². The molecule has 2 aliphatic heterocycles. The minimum atomic E-state index is -0.0435. The summed E-state index contributed by atoms with van der Waals surface area (Å²) in [5.74, 6) is 0. The van der Waals surface area contributed by atoms with Gasteiger partial charge in [-0.1, -0.05) is 166 Å². The van der Waals surface area contributed by atoms with Crippen LogP contribution in [0.3, 0.4) is 0 Å². The molecule has 0 spiro atoms. The first-order chi connectivity index (χ1) is 32.9. The fraction of sp³-hybridized carbons (Fsp3) is 0.262. The standard InChI is InChI=1S/C65H66BN3/c1-43-37-59-61-60(38-43)69(57-42-53-52(64(8,9)35-36-65(53,10)11)41-51(57)44-21-15-12-16-22-44)58-40-50(67(47-23-17-13-18-24-47)48-25-19-14-20-26-48)32-33-54(58)66(61)55-39-46(63(5,6)7)29-34-56(55)68(59)49-30-27-45(28-31-49)62(2,3)4/h12-34,37-42H,35-36H2,1-11H3. The molecule has 0 saturated carbocycles. The van der Waals surface area contributed by atoms with Crippen LogP contribution in [-0.2, 0) is 21.7 Å². The molecule has 0 fully saturated rings. The first-order valence-electron chi connectivity index (χ1n) is 25.2. The van der Waals surface area contributed by atoms with Crippen molar-refractivity contribution < 1.29 is 0 Å². The Labute approximate surface area is 412 Å². The highest BCUT2D eigenvalue weighted by molar-refractivity contribution is 7.00. The zero-order valence-corrected chi connectivity index (χ0v) is 42.6. The topological polar surface area (TPSA) is 9.72 Å². The van der Waals surface area contributed by atoms with Crippen molar-refractivity contribution in [1.82, 2.24) is 0 Å². The van der Waals surface area contributed by atoms with E-state index >= 15 is 0 Å². The van der Waals surface area contributed by atoms with Crippen molar-refractivity contribution in [3.63, 3.8) is 0 Å². The van der Waals surface area contributed by atoms with Crippen LogP contribution in [0, 0.1) is 6.92 Å². The summed E-state index contributed by atoms with van der Waals surface area (Å²) in [5, 5.41) is 0. The summed E-state index contributed by atoms with van der Waals surface area (Å²) in [7, 11) is 0. The van der Waals surface area contributed by atoms with Crippen molar-refractivity contribution in [3.05, 3.63) is 204 Å². The number of hydrogen-bond acceptors (Lipinski definition) is 3. The van der Waals surface area contributed by atoms with Gasteiger partial charge in [-0.15, -0.1) is 0 Å². The Balaban J connectivity index is 1.27. The second kappa shape index (κ2) is 16.2. The number of aryl methyl sites for hydroxylation is 1. The average Bonchev–Trinajstić information content (AvgIpc) is 3.33. The van der Waals surface area contributed by atoms with E-state index in [4.69, 9.17) is 0 Å². The molecule has 69 heavy (non-hydrogen) atoms. The predicted molar refractivity (Wildman–Crippen MR) is 298 cm³/mol. The number of benzene rings is 8. The number of nitrogens with zero attached hydrogens (tertiary/aromatic N) is 3. The molecule has 1 aliphatic carbocycles. The zero-order chi connectivity index (χ0) is 48.2. The fourth-order valence-electron chi connectivity index (χ4n) is 11.6. The second-order valence-electron chi connectivity index (χ2n) is 23.4. The quantitative estimate of drug-likeness (QED) is 0.154. The number of hydrogen-bond donors (Lipinski definition) is 0. The Hall–Kier alpha value is -6.78. The van der Waals surface area contributed by atoms with E-state index in [0.29, 0.717) is 0 Å². The molecule has 11 rings (SSSR count). The van der Waals surface area contributed by atoms with Gasteiger partial charge in [0.05, 0.1) is 5.69 Å². The van der Waals surface area contributed by atoms with E-state index < -0.39 is 0 Å². The van der Waals surface area contributed by atoms with Gasteiger partial charge in [0.15, 0.2) is 0 Å². The first-order valence-corrected chi connectivity index (χ1v) is 25.2. The molecule has 0 saturated heterocycles. The minimum absolute atomic E-state index is 0.000412. The summed E-state index contributed by atoms with van der Waals surface area (Å²) >= 11 is 0. The van der Waals surface area contributed by atoms with Crippen LogP contribution in [0.25, 0.3) is 11.1 Å². The lowest BCUT2D eigenvalue weighted by Gasteiger charge is -2.46. The molecule has 0 radical (unpaired) electrons. The Morgan fingerprint density at radius 2 is 0.986 bits per heavy atom. The Morgan fingerprint density at radius 3 is 1.57 bits per heavy atom. The first kappa shape index (κ1) is 44.7. The van der Waals surface area contributed by atoms with Gasteiger partial charge in [0.1, 0.15) is 0 Å². The van der Waals surface area contributed by atoms with Crippen molar-refractivity contribution >= 4 is 74.3 Å². The summed E-state index contributed by atoms with van der Waals surface area (Å²) in [6, 6.07) is 67.0. The third-order valence-corrected chi connectivity index (χ3v) is 15.6. The molecular weight excluding hydrogens is 834 g/mol. The maximum absolute atomic E-state index is 2.68. The maximum atomic E-state index is 2.68. The average molecular weight is 900 g/mol. The minimum Gasteiger partial charge on any atom is -0.311 e. The van der Waals surface area contributed by atoms with E-state index in [9.17, 15) is 0 Å². The smallest absolute Gasteiger partial charge is 0.252 e. The van der Waals surface area contributed by atoms with Crippen LogP contribution >= 0.6 is 0 Å². The van der Waals surface area contributed by atoms with Crippen LogP contribution in [0.1, 0.15) is 110 Å². The third-order valence-electron chi connectivity index (χ3n) is 15.6. The lowest BCUT2D eigenvalue weighted by molar-refractivity contribution is 0.332. The SMILES string of the molecule is Cc1cc2c3c(c1)N(c1cc4c(cc1-c1ccccc1)C(C)(C)CCC4(C)C)c1cc(N(c4ccccc4)c4ccccc4)ccc1B3c1cc(C(C)(C)C)ccc1N2c1ccc(C(C)(C)C)cc1. The van der Waals surface area contributed by atoms with Crippen molar-refractivity contribution in [2.75, 3.05) is 14.7 Å². The fourth-order valence-corrected chi connectivity index (χ4v) is 11.6. The van der Waals surface area contributed by atoms with Crippen LogP contribution in [0.2, 0.25) is 0 Å². The molecule has 2 heterocycles. The summed E-state index contributed by atoms with van der Waals surface area (Å²) in [5.41, 5.74) is 24.0. The summed E-state index contributed by atoms with van der Waals surface area (Å²) < 4.78 is 0. The predicted octanol–water partition coefficient (Wildman–Crippen LogP) is 16.2. The Morgan fingerprint density at radius 1 is 0.449 bits per heavy atom. The molecule has 0 aromatic heterocycles. The number of anilines is 9. The van der Waals surface area contributed by atoms with Gasteiger partial charge in [-0.25, -0.2) is 0 Å². The lowest BCUT2D eigenvalue weighted by Crippen LogP contribution is -2.61. The number of rotatable bonds is 6. The monoisotopic (exact) mass is 900 g/mol. The Bertz CT molecular complexity index is 3210. The molecule has 0 atom stereocenters. The maximum Gasteiger partial charge on any atom is 0.252 e. The highest BCUT2D eigenvalue weighted by Gasteiger charge is 2.46. The molecule has 0 unspecified atom stereocenters. The van der Waals surface area contributed by atoms with Gasteiger partial charge in [0.2, 0.25) is 0 Å². The molecule has 4 heteroatoms. The van der Waals surface area contributed by atoms with E-state index in [1.807, 2.05) is 0 Å². The van der Waals surface area contributed by atoms with Gasteiger partial charge in [0.25, 0.3) is 6.71 Å². The molecule has 0 N–H and O–H groups in total. The van der Waals surface area contributed by atoms with Crippen LogP contribution in [0.5, 0.6) is 0 Å². The summed E-state index contributed by atoms with van der Waals surface area (Å²) in [4.78, 5) is 7.66. The molecule has 8 aromatic carbocycles. The largest absolute Gasteiger partial charge is 0.311 e. The highest BCUT2D eigenvalue weighted by Crippen LogP contribution is 2.53. The van der Waals surface area contributed by atoms with Crippen molar-refractivity contribution in [2.24, 2.45) is 0 Å². The molecule has 8 aromatic rings. The van der Waals surface area contributed by atoms with E-state index in [2.05, 4.69) is 267 Å². The van der Waals surface area contributed by atoms with Crippen molar-refractivity contribution in [1.29, 1.82) is 0 Å². The van der Waals surface area contributed by atoms with E-state index in [1.54, 1.807) is 0 Å². The second-order valence-corrected chi connectivity index (χ2v) is 23.4. The molecule has 3 nitrogen and oxygen atoms in total. The van der Waals surface area contributed by atoms with Gasteiger partial charge >= 0.3 is 0 Å². The van der Waals surface area contributed by atoms with Crippen molar-refractivity contribution in [2.45, 2.75) is 111 Å². The number of para-hydroxylation sites is 2. The van der Waals surface area contributed by atoms with Gasteiger partial charge < -0.3 is 14.7 Å². The number of fused-ring (bicyclic) bond motifs is 5. The van der Waals surface area contributed by atoms with E-state index in [1.165, 1.54) is 89.5 Å². The van der Waals surface area contributed by atoms with Gasteiger partial charge in [0, 0.05) is 51.1 Å². The highest BCUT2D eigenvalue weighted by atomic mass is 15.2. The molecule has 0 bridgehead atoms. The van der Waals surface area contributed by atoms with Gasteiger partial charge in [-0.2, -0.15) is 0 Å². The molecular formula is C65H66BN3.